The first-order valence-corrected chi connectivity index (χ1v) is 19.1. The highest BCUT2D eigenvalue weighted by atomic mass is 19.1. The Balaban J connectivity index is 1.16. The number of rotatable bonds is 9. The number of phenols is 1. The lowest BCUT2D eigenvalue weighted by Crippen LogP contribution is -2.62. The summed E-state index contributed by atoms with van der Waals surface area (Å²) in [6.07, 6.45) is 8.44. The molecule has 1 aromatic heterocycles. The van der Waals surface area contributed by atoms with E-state index in [1.54, 1.807) is 18.2 Å². The maximum atomic E-state index is 17.6. The molecule has 4 heterocycles. The molecule has 3 aromatic carbocycles. The molecule has 4 aromatic rings. The molecule has 10 heteroatoms. The number of nitrogens with one attached hydrogen (secondary N) is 1. The second-order valence-electron chi connectivity index (χ2n) is 16.4. The quantitative estimate of drug-likeness (QED) is 0.187. The van der Waals surface area contributed by atoms with Crippen LogP contribution in [0.1, 0.15) is 82.8 Å². The molecular weight excluding hydrogens is 648 g/mol. The third kappa shape index (κ3) is 5.73. The van der Waals surface area contributed by atoms with Crippen LogP contribution in [0.3, 0.4) is 0 Å². The van der Waals surface area contributed by atoms with Crippen LogP contribution < -0.4 is 15.0 Å². The second kappa shape index (κ2) is 12.5. The number of piperazine rings is 1. The third-order valence-corrected chi connectivity index (χ3v) is 12.7. The van der Waals surface area contributed by atoms with Gasteiger partial charge in [0.05, 0.1) is 19.8 Å². The Kier molecular flexibility index (Phi) is 8.16. The van der Waals surface area contributed by atoms with Crippen molar-refractivity contribution in [2.45, 2.75) is 95.7 Å². The molecule has 0 radical (unpaired) electrons. The maximum Gasteiger partial charge on any atom is 0.319 e. The molecule has 5 aliphatic rings. The number of hydrogen-bond donors (Lipinski definition) is 2. The summed E-state index contributed by atoms with van der Waals surface area (Å²) in [7, 11) is 0. The van der Waals surface area contributed by atoms with Crippen molar-refractivity contribution < 1.29 is 23.4 Å². The zero-order valence-corrected chi connectivity index (χ0v) is 30.0. The van der Waals surface area contributed by atoms with E-state index in [2.05, 4.69) is 15.1 Å². The topological polar surface area (TPSA) is 83.0 Å². The minimum absolute atomic E-state index is 0.00253. The fourth-order valence-electron chi connectivity index (χ4n) is 9.46. The number of morpholine rings is 1. The Hall–Kier alpha value is -3.60. The molecule has 2 aliphatic carbocycles. The fourth-order valence-corrected chi connectivity index (χ4v) is 9.46. The number of halogens is 2. The SMILES string of the molecule is CCc1c(F)ccc2cc(O)cc(-c3c(C(C)C)cc4c(N5CC6CCC(C5)N6)nc(OCC5(CN6CCOCC67CCC7)CC5)nc4c3F)c12. The number of ether oxygens (including phenoxy) is 2. The number of aryl methyl sites for hydroxylation is 1. The average molecular weight is 698 g/mol. The van der Waals surface area contributed by atoms with Gasteiger partial charge >= 0.3 is 6.01 Å². The number of anilines is 1. The van der Waals surface area contributed by atoms with E-state index < -0.39 is 5.82 Å². The molecule has 270 valence electrons. The summed E-state index contributed by atoms with van der Waals surface area (Å²) in [5, 5.41) is 16.5. The molecule has 3 saturated heterocycles. The predicted octanol–water partition coefficient (Wildman–Crippen LogP) is 7.47. The number of phenolic OH excluding ortho intramolecular Hbond substituents is 1. The van der Waals surface area contributed by atoms with Crippen LogP contribution in [-0.2, 0) is 11.2 Å². The zero-order chi connectivity index (χ0) is 35.1. The van der Waals surface area contributed by atoms with Gasteiger partial charge in [0.2, 0.25) is 0 Å². The van der Waals surface area contributed by atoms with Crippen LogP contribution in [0.2, 0.25) is 0 Å². The van der Waals surface area contributed by atoms with E-state index >= 15 is 8.78 Å². The van der Waals surface area contributed by atoms with Gasteiger partial charge in [-0.15, -0.1) is 0 Å². The average Bonchev–Trinajstić information content (AvgIpc) is 3.79. The summed E-state index contributed by atoms with van der Waals surface area (Å²) in [4.78, 5) is 14.9. The van der Waals surface area contributed by atoms with Crippen molar-refractivity contribution in [3.05, 3.63) is 53.1 Å². The molecule has 2 atom stereocenters. The highest BCUT2D eigenvalue weighted by Gasteiger charge is 2.52. The Morgan fingerprint density at radius 3 is 2.53 bits per heavy atom. The fraction of sp³-hybridized carbons (Fsp3) is 0.561. The monoisotopic (exact) mass is 697 g/mol. The molecule has 5 fully saturated rings. The Bertz CT molecular complexity index is 2000. The summed E-state index contributed by atoms with van der Waals surface area (Å²) >= 11 is 0. The Labute approximate surface area is 298 Å². The summed E-state index contributed by atoms with van der Waals surface area (Å²) in [5.41, 5.74) is 2.47. The predicted molar refractivity (Wildman–Crippen MR) is 196 cm³/mol. The molecule has 2 unspecified atom stereocenters. The van der Waals surface area contributed by atoms with Crippen LogP contribution in [0.15, 0.2) is 30.3 Å². The van der Waals surface area contributed by atoms with Crippen LogP contribution in [-0.4, -0.2) is 83.6 Å². The first-order chi connectivity index (χ1) is 24.7. The minimum Gasteiger partial charge on any atom is -0.508 e. The van der Waals surface area contributed by atoms with Gasteiger partial charge in [0.25, 0.3) is 0 Å². The van der Waals surface area contributed by atoms with E-state index in [0.717, 1.165) is 70.6 Å². The Morgan fingerprint density at radius 1 is 1.06 bits per heavy atom. The molecule has 0 amide bonds. The maximum absolute atomic E-state index is 17.6. The normalized spacial score (nSPS) is 23.8. The molecule has 2 N–H and O–H groups in total. The van der Waals surface area contributed by atoms with Crippen LogP contribution in [0.5, 0.6) is 11.8 Å². The van der Waals surface area contributed by atoms with Crippen LogP contribution in [0.25, 0.3) is 32.8 Å². The smallest absolute Gasteiger partial charge is 0.319 e. The van der Waals surface area contributed by atoms with Gasteiger partial charge in [-0.2, -0.15) is 9.97 Å². The molecule has 2 saturated carbocycles. The van der Waals surface area contributed by atoms with Gasteiger partial charge in [-0.25, -0.2) is 8.78 Å². The number of benzene rings is 3. The van der Waals surface area contributed by atoms with Gasteiger partial charge < -0.3 is 24.8 Å². The van der Waals surface area contributed by atoms with Gasteiger partial charge in [-0.3, -0.25) is 4.90 Å². The molecule has 3 aliphatic heterocycles. The van der Waals surface area contributed by atoms with E-state index in [0.29, 0.717) is 63.8 Å². The van der Waals surface area contributed by atoms with Gasteiger partial charge in [-0.05, 0) is 109 Å². The molecule has 8 nitrogen and oxygen atoms in total. The summed E-state index contributed by atoms with van der Waals surface area (Å²) < 4.78 is 45.4. The van der Waals surface area contributed by atoms with Gasteiger partial charge in [-0.1, -0.05) is 26.8 Å². The molecule has 1 spiro atoms. The van der Waals surface area contributed by atoms with E-state index in [4.69, 9.17) is 19.4 Å². The summed E-state index contributed by atoms with van der Waals surface area (Å²) in [6, 6.07) is 9.20. The molecule has 2 bridgehead atoms. The van der Waals surface area contributed by atoms with Crippen molar-refractivity contribution in [1.29, 1.82) is 0 Å². The van der Waals surface area contributed by atoms with Crippen molar-refractivity contribution in [2.24, 2.45) is 5.41 Å². The lowest BCUT2D eigenvalue weighted by atomic mass is 9.74. The largest absolute Gasteiger partial charge is 0.508 e. The molecule has 51 heavy (non-hydrogen) atoms. The number of hydrogen-bond acceptors (Lipinski definition) is 8. The molecular formula is C41H49F2N5O3. The van der Waals surface area contributed by atoms with Crippen LogP contribution in [0, 0.1) is 17.0 Å². The van der Waals surface area contributed by atoms with Crippen molar-refractivity contribution >= 4 is 27.5 Å². The highest BCUT2D eigenvalue weighted by molar-refractivity contribution is 6.04. The summed E-state index contributed by atoms with van der Waals surface area (Å²) in [5.74, 6) is -0.211. The number of nitrogens with zero attached hydrogens (tertiary/aromatic N) is 4. The minimum atomic E-state index is -0.498. The van der Waals surface area contributed by atoms with E-state index in [1.165, 1.54) is 25.3 Å². The number of aromatic hydroxyl groups is 1. The lowest BCUT2D eigenvalue weighted by Gasteiger charge is -2.53. The van der Waals surface area contributed by atoms with Crippen molar-refractivity contribution in [3.63, 3.8) is 0 Å². The van der Waals surface area contributed by atoms with E-state index in [1.807, 2.05) is 26.8 Å². The standard InChI is InChI=1S/C41H49F2N5O3/c1-4-29-33(42)9-6-25-16-28(49)17-31(34(25)29)35-30(24(2)3)18-32-37(36(35)43)45-39(46-38(32)47-19-26-7-8-27(20-47)44-26)51-22-40(12-13-40)21-48-14-15-50-23-41(48)10-5-11-41/h6,9,16-18,24,26-27,44,49H,4-5,7-8,10-15,19-23H2,1-3H3. The first-order valence-electron chi connectivity index (χ1n) is 19.1. The van der Waals surface area contributed by atoms with E-state index in [-0.39, 0.29) is 40.0 Å². The number of fused-ring (bicyclic) bond motifs is 4. The zero-order valence-electron chi connectivity index (χ0n) is 30.0. The highest BCUT2D eigenvalue weighted by Crippen LogP contribution is 2.50. The van der Waals surface area contributed by atoms with Crippen LogP contribution in [0.4, 0.5) is 14.6 Å². The Morgan fingerprint density at radius 2 is 1.84 bits per heavy atom. The second-order valence-corrected chi connectivity index (χ2v) is 16.4. The van der Waals surface area contributed by atoms with Crippen molar-refractivity contribution in [3.8, 4) is 22.9 Å². The van der Waals surface area contributed by atoms with E-state index in [9.17, 15) is 5.11 Å². The van der Waals surface area contributed by atoms with Gasteiger partial charge in [0.15, 0.2) is 5.82 Å². The van der Waals surface area contributed by atoms with Gasteiger partial charge in [0.1, 0.15) is 22.9 Å². The van der Waals surface area contributed by atoms with Crippen molar-refractivity contribution in [1.82, 2.24) is 20.2 Å². The number of aromatic nitrogens is 2. The van der Waals surface area contributed by atoms with Gasteiger partial charge in [0, 0.05) is 60.2 Å². The molecule has 9 rings (SSSR count). The first kappa shape index (κ1) is 33.3. The third-order valence-electron chi connectivity index (χ3n) is 12.7. The summed E-state index contributed by atoms with van der Waals surface area (Å²) in [6.45, 7) is 11.5. The lowest BCUT2D eigenvalue weighted by molar-refractivity contribution is -0.115. The van der Waals surface area contributed by atoms with Crippen molar-refractivity contribution in [2.75, 3.05) is 50.9 Å². The van der Waals surface area contributed by atoms with Crippen LogP contribution >= 0.6 is 0 Å².